The summed E-state index contributed by atoms with van der Waals surface area (Å²) in [7, 11) is 10.7. The monoisotopic (exact) mass is 1170 g/mol. The van der Waals surface area contributed by atoms with Gasteiger partial charge in [0.05, 0.1) is 9.52 Å². The van der Waals surface area contributed by atoms with E-state index in [1.54, 1.807) is 0 Å². The first kappa shape index (κ1) is 63.4. The molecule has 0 N–H and O–H groups in total. The molecule has 0 aromatic heterocycles. The van der Waals surface area contributed by atoms with Gasteiger partial charge in [-0.05, 0) is 76.7 Å². The summed E-state index contributed by atoms with van der Waals surface area (Å²) in [4.78, 5) is 0. The molecular weight excluding hydrogens is 1080 g/mol. The molecule has 1 aliphatic heterocycles. The minimum Gasteiger partial charge on any atom is -0.184 e. The van der Waals surface area contributed by atoms with E-state index in [0.29, 0.717) is 0 Å². The second kappa shape index (κ2) is 23.2. The minimum atomic E-state index is -0.826. The zero-order valence-corrected chi connectivity index (χ0v) is 57.4. The first-order valence-corrected chi connectivity index (χ1v) is 35.6. The number of benzene rings is 6. The van der Waals surface area contributed by atoms with Crippen LogP contribution in [0.3, 0.4) is 0 Å². The molecule has 8 aromatic carbocycles. The van der Waals surface area contributed by atoms with Gasteiger partial charge in [-0.25, -0.2) is 0 Å². The Bertz CT molecular complexity index is 3080. The average molecular weight is 1170 g/mol. The van der Waals surface area contributed by atoms with Crippen molar-refractivity contribution in [3.63, 3.8) is 0 Å². The molecule has 0 atom stereocenters. The Labute approximate surface area is 496 Å². The fraction of sp³-hybridized carbons (Fsp3) is 0.432. The zero-order valence-electron chi connectivity index (χ0n) is 52.4. The van der Waals surface area contributed by atoms with Gasteiger partial charge in [0.25, 0.3) is 0 Å². The van der Waals surface area contributed by atoms with Gasteiger partial charge in [-0.2, -0.15) is 41.6 Å². The molecule has 0 saturated carbocycles. The Morgan fingerprint density at radius 2 is 0.731 bits per heavy atom. The smallest absolute Gasteiger partial charge is 0.0920 e. The Balaban J connectivity index is 0.000000197. The molecule has 0 unspecified atom stereocenters. The van der Waals surface area contributed by atoms with E-state index in [2.05, 4.69) is 294 Å². The molecule has 0 amide bonds. The van der Waals surface area contributed by atoms with Crippen molar-refractivity contribution < 1.29 is 20.8 Å². The number of halogens is 2. The van der Waals surface area contributed by atoms with Crippen LogP contribution in [0, 0.1) is 6.07 Å². The molecule has 8 aromatic rings. The number of hydrogen-bond acceptors (Lipinski definition) is 0. The van der Waals surface area contributed by atoms with Crippen LogP contribution in [0.1, 0.15) is 211 Å². The molecule has 414 valence electrons. The summed E-state index contributed by atoms with van der Waals surface area (Å²) < 4.78 is 0. The Morgan fingerprint density at radius 3 is 1.06 bits per heavy atom. The predicted molar refractivity (Wildman–Crippen MR) is 347 cm³/mol. The summed E-state index contributed by atoms with van der Waals surface area (Å²) in [5.41, 5.74) is 20.5. The molecule has 1 heterocycles. The summed E-state index contributed by atoms with van der Waals surface area (Å²) in [6.45, 7) is 55.8. The van der Waals surface area contributed by atoms with Crippen LogP contribution in [-0.4, -0.2) is 9.52 Å². The molecule has 78 heavy (non-hydrogen) atoms. The van der Waals surface area contributed by atoms with Crippen LogP contribution in [-0.2, 0) is 64.2 Å². The maximum Gasteiger partial charge on any atom is 0.0920 e. The van der Waals surface area contributed by atoms with Gasteiger partial charge < -0.3 is 0 Å². The summed E-state index contributed by atoms with van der Waals surface area (Å²) in [6, 6.07) is 51.9. The van der Waals surface area contributed by atoms with Crippen molar-refractivity contribution in [1.82, 2.24) is 0 Å². The molecule has 2 radical (unpaired) electrons. The van der Waals surface area contributed by atoms with E-state index in [0.717, 1.165) is 9.52 Å². The van der Waals surface area contributed by atoms with E-state index in [1.807, 2.05) is 6.07 Å². The molecule has 1 aliphatic rings. The molecule has 9 rings (SSSR count). The summed E-state index contributed by atoms with van der Waals surface area (Å²) in [6.07, 6.45) is 0. The Kier molecular flexibility index (Phi) is 18.9. The standard InChI is InChI=1S/2C31H43.C12H7Si.2ClH.Zr/c2*1-28(2,3)22-16-21(17-23(18-22)29(4,5)6)27-25-19-24(30(7,8)9)15-20(25)13-14-26(27)31(10,11)12;1-3-7-11-9(5-1)10-6-2-4-8-12(10)13-11;;;/h2*13-19H,1-12H3;1-7H;2*1H;/q3*-1;;;+2/p-2. The van der Waals surface area contributed by atoms with Gasteiger partial charge in [-0.15, -0.1) is 74.6 Å². The second-order valence-electron chi connectivity index (χ2n) is 30.3. The quantitative estimate of drug-likeness (QED) is 0.120. The SMILES string of the molecule is CC(C)(C)c1cc(-c2c(C(C)(C)C)ccc3[cH-]c(C(C)(C)C)cc23)cc(C(C)(C)C)c1.CC(C)(C)c1cc(-c2c(C(C)(C)C)ccc3[cH-]c(C(C)(C)C)cc23)cc(C(C)(C)C)c1.[Cl][Zr][Cl].[c-]1cccc2c1[Si]c1ccccc1-2. The van der Waals surface area contributed by atoms with E-state index < -0.39 is 20.8 Å². The summed E-state index contributed by atoms with van der Waals surface area (Å²) >= 11 is -0.826. The van der Waals surface area contributed by atoms with Crippen molar-refractivity contribution in [3.8, 4) is 33.4 Å². The van der Waals surface area contributed by atoms with Crippen LogP contribution >= 0.6 is 17.0 Å². The van der Waals surface area contributed by atoms with Gasteiger partial charge >= 0.3 is 37.9 Å². The number of rotatable bonds is 2. The second-order valence-corrected chi connectivity index (χ2v) is 35.3. The Morgan fingerprint density at radius 1 is 0.385 bits per heavy atom. The van der Waals surface area contributed by atoms with Crippen molar-refractivity contribution in [1.29, 1.82) is 0 Å². The predicted octanol–water partition coefficient (Wildman–Crippen LogP) is 21.3. The van der Waals surface area contributed by atoms with Crippen molar-refractivity contribution in [2.75, 3.05) is 0 Å². The van der Waals surface area contributed by atoms with Crippen LogP contribution in [0.4, 0.5) is 0 Å². The first-order chi connectivity index (χ1) is 35.6. The first-order valence-electron chi connectivity index (χ1n) is 28.3. The molecule has 0 saturated heterocycles. The van der Waals surface area contributed by atoms with Gasteiger partial charge in [0.2, 0.25) is 0 Å². The van der Waals surface area contributed by atoms with Crippen LogP contribution in [0.25, 0.3) is 54.9 Å². The van der Waals surface area contributed by atoms with Crippen LogP contribution in [0.15, 0.2) is 127 Å². The van der Waals surface area contributed by atoms with Gasteiger partial charge in [0, 0.05) is 0 Å². The molecule has 0 fully saturated rings. The Hall–Kier alpha value is -3.78. The van der Waals surface area contributed by atoms with E-state index in [4.69, 9.17) is 17.0 Å². The third kappa shape index (κ3) is 15.0. The molecule has 0 nitrogen and oxygen atoms in total. The fourth-order valence-corrected chi connectivity index (χ4v) is 11.6. The van der Waals surface area contributed by atoms with E-state index in [1.165, 1.54) is 110 Å². The molecule has 4 heteroatoms. The van der Waals surface area contributed by atoms with Gasteiger partial charge in [-0.1, -0.05) is 260 Å². The van der Waals surface area contributed by atoms with E-state index in [-0.39, 0.29) is 43.3 Å². The molecule has 0 aliphatic carbocycles. The maximum absolute atomic E-state index is 4.93. The molecule has 0 spiro atoms. The number of fused-ring (bicyclic) bond motifs is 5. The van der Waals surface area contributed by atoms with Gasteiger partial charge in [0.15, 0.2) is 0 Å². The molecular formula is C74H93Cl2SiZr-3. The van der Waals surface area contributed by atoms with Crippen molar-refractivity contribution in [2.45, 2.75) is 209 Å². The largest absolute Gasteiger partial charge is 0.184 e. The number of hydrogen-bond donors (Lipinski definition) is 0. The summed E-state index contributed by atoms with van der Waals surface area (Å²) in [5, 5.41) is 8.31. The van der Waals surface area contributed by atoms with Crippen LogP contribution < -0.4 is 10.4 Å². The van der Waals surface area contributed by atoms with E-state index in [9.17, 15) is 0 Å². The fourth-order valence-electron chi connectivity index (χ4n) is 10.3. The van der Waals surface area contributed by atoms with Gasteiger partial charge in [-0.3, -0.25) is 0 Å². The third-order valence-electron chi connectivity index (χ3n) is 15.4. The topological polar surface area (TPSA) is 0 Å². The van der Waals surface area contributed by atoms with Crippen molar-refractivity contribution >= 4 is 58.5 Å². The zero-order chi connectivity index (χ0) is 58.5. The minimum absolute atomic E-state index is 0.0717. The summed E-state index contributed by atoms with van der Waals surface area (Å²) in [5.74, 6) is 0. The van der Waals surface area contributed by atoms with Crippen molar-refractivity contribution in [3.05, 3.63) is 178 Å². The normalized spacial score (nSPS) is 13.2. The van der Waals surface area contributed by atoms with E-state index >= 15 is 0 Å². The average Bonchev–Trinajstić information content (AvgIpc) is 4.07. The van der Waals surface area contributed by atoms with Crippen LogP contribution in [0.2, 0.25) is 0 Å². The maximum atomic E-state index is 4.93. The molecule has 0 bridgehead atoms. The third-order valence-corrected chi connectivity index (χ3v) is 16.7. The van der Waals surface area contributed by atoms with Crippen LogP contribution in [0.5, 0.6) is 0 Å². The van der Waals surface area contributed by atoms with Crippen molar-refractivity contribution in [2.24, 2.45) is 0 Å². The van der Waals surface area contributed by atoms with Gasteiger partial charge in [0.1, 0.15) is 0 Å².